The number of carbonyl (C=O) groups is 3. The lowest BCUT2D eigenvalue weighted by Gasteiger charge is -2.08. The first kappa shape index (κ1) is 30.6. The second kappa shape index (κ2) is 18.1. The summed E-state index contributed by atoms with van der Waals surface area (Å²) in [6.45, 7) is 7.69. The number of unbranched alkanes of at least 4 members (excludes halogenated alkanes) is 1. The molecule has 34 heavy (non-hydrogen) atoms. The van der Waals surface area contributed by atoms with Crippen molar-refractivity contribution >= 4 is 17.9 Å². The van der Waals surface area contributed by atoms with Crippen molar-refractivity contribution in [1.82, 2.24) is 0 Å². The van der Waals surface area contributed by atoms with Gasteiger partial charge >= 0.3 is 17.9 Å². The zero-order valence-electron chi connectivity index (χ0n) is 20.6. The standard InChI is InChI=1S/C28H38O6/c1-21(15-18-25(19-26(29)30)20-27(31)32)13-11-9-7-5-6-8-10-12-14-22(2)23(3)16-17-24(4)28(33)34/h6,8-12,15-19,21-22H,5,7,13-14,20H2,1-4H3,(H,29,30)(H,31,32)(H,33,34)/b8-6+,11-9+,12-10-,18-15+,23-16-,24-17+,25-19+/t21-,22+/m0/s1. The van der Waals surface area contributed by atoms with Gasteiger partial charge in [-0.2, -0.15) is 0 Å². The average molecular weight is 471 g/mol. The van der Waals surface area contributed by atoms with Crippen molar-refractivity contribution in [3.05, 3.63) is 83.6 Å². The fourth-order valence-corrected chi connectivity index (χ4v) is 2.69. The third kappa shape index (κ3) is 17.2. The zero-order chi connectivity index (χ0) is 25.9. The SMILES string of the molecule is C/C(=C/C=C(\C)C(=O)O)[C@H](C)C/C=C\C=C\CC/C=C/C[C@H](C)/C=C/C(=C\C(=O)O)CC(=O)O. The Kier molecular flexibility index (Phi) is 16.3. The minimum Gasteiger partial charge on any atom is -0.481 e. The summed E-state index contributed by atoms with van der Waals surface area (Å²) in [7, 11) is 0. The van der Waals surface area contributed by atoms with Crippen LogP contribution in [0.4, 0.5) is 0 Å². The van der Waals surface area contributed by atoms with E-state index in [4.69, 9.17) is 15.3 Å². The van der Waals surface area contributed by atoms with Gasteiger partial charge in [-0.25, -0.2) is 9.59 Å². The number of hydrogen-bond donors (Lipinski definition) is 3. The molecule has 0 aliphatic carbocycles. The van der Waals surface area contributed by atoms with Gasteiger partial charge in [-0.15, -0.1) is 0 Å². The highest BCUT2D eigenvalue weighted by molar-refractivity contribution is 5.86. The van der Waals surface area contributed by atoms with E-state index < -0.39 is 17.9 Å². The Morgan fingerprint density at radius 1 is 0.824 bits per heavy atom. The highest BCUT2D eigenvalue weighted by Crippen LogP contribution is 2.15. The second-order valence-electron chi connectivity index (χ2n) is 8.31. The van der Waals surface area contributed by atoms with E-state index in [0.717, 1.165) is 37.3 Å². The summed E-state index contributed by atoms with van der Waals surface area (Å²) < 4.78 is 0. The summed E-state index contributed by atoms with van der Waals surface area (Å²) >= 11 is 0. The molecule has 2 atom stereocenters. The molecule has 186 valence electrons. The smallest absolute Gasteiger partial charge is 0.331 e. The van der Waals surface area contributed by atoms with Crippen LogP contribution in [0, 0.1) is 11.8 Å². The van der Waals surface area contributed by atoms with Gasteiger partial charge in [0.25, 0.3) is 0 Å². The van der Waals surface area contributed by atoms with Gasteiger partial charge in [0.15, 0.2) is 0 Å². The van der Waals surface area contributed by atoms with Crippen LogP contribution in [-0.4, -0.2) is 33.2 Å². The molecule has 0 saturated heterocycles. The van der Waals surface area contributed by atoms with E-state index in [9.17, 15) is 14.4 Å². The molecule has 0 aliphatic rings. The molecule has 0 unspecified atom stereocenters. The van der Waals surface area contributed by atoms with Gasteiger partial charge in [0.2, 0.25) is 0 Å². The molecule has 3 N–H and O–H groups in total. The molecule has 0 heterocycles. The van der Waals surface area contributed by atoms with Crippen LogP contribution in [0.5, 0.6) is 0 Å². The van der Waals surface area contributed by atoms with E-state index in [1.54, 1.807) is 19.1 Å². The van der Waals surface area contributed by atoms with Crippen LogP contribution in [0.1, 0.15) is 59.8 Å². The highest BCUT2D eigenvalue weighted by Gasteiger charge is 2.04. The maximum Gasteiger partial charge on any atom is 0.331 e. The number of carboxylic acids is 3. The van der Waals surface area contributed by atoms with Crippen LogP contribution < -0.4 is 0 Å². The minimum atomic E-state index is -1.15. The molecule has 6 nitrogen and oxygen atoms in total. The third-order valence-corrected chi connectivity index (χ3v) is 5.06. The third-order valence-electron chi connectivity index (χ3n) is 5.06. The monoisotopic (exact) mass is 470 g/mol. The summed E-state index contributed by atoms with van der Waals surface area (Å²) in [5, 5.41) is 26.5. The van der Waals surface area contributed by atoms with Crippen LogP contribution >= 0.6 is 0 Å². The van der Waals surface area contributed by atoms with E-state index in [-0.39, 0.29) is 17.9 Å². The van der Waals surface area contributed by atoms with Gasteiger partial charge in [0.1, 0.15) is 0 Å². The molecule has 0 radical (unpaired) electrons. The molecule has 0 rings (SSSR count). The molecule has 6 heteroatoms. The Bertz CT molecular complexity index is 881. The number of aliphatic carboxylic acids is 3. The topological polar surface area (TPSA) is 112 Å². The predicted molar refractivity (Wildman–Crippen MR) is 136 cm³/mol. The molecular weight excluding hydrogens is 432 g/mol. The first-order valence-corrected chi connectivity index (χ1v) is 11.4. The Hall–Kier alpha value is -3.41. The van der Waals surface area contributed by atoms with Crippen molar-refractivity contribution in [2.24, 2.45) is 11.8 Å². The van der Waals surface area contributed by atoms with Crippen LogP contribution in [0.15, 0.2) is 83.6 Å². The lowest BCUT2D eigenvalue weighted by Crippen LogP contribution is -1.99. The Morgan fingerprint density at radius 3 is 2.09 bits per heavy atom. The molecule has 0 aromatic carbocycles. The average Bonchev–Trinajstić information content (AvgIpc) is 2.75. The van der Waals surface area contributed by atoms with Crippen LogP contribution in [0.25, 0.3) is 0 Å². The van der Waals surface area contributed by atoms with E-state index in [1.165, 1.54) is 0 Å². The largest absolute Gasteiger partial charge is 0.481 e. The fraction of sp³-hybridized carbons (Fsp3) is 0.393. The van der Waals surface area contributed by atoms with Gasteiger partial charge in [-0.1, -0.05) is 80.2 Å². The van der Waals surface area contributed by atoms with Crippen molar-refractivity contribution in [2.45, 2.75) is 59.8 Å². The summed E-state index contributed by atoms with van der Waals surface area (Å²) in [5.41, 5.74) is 1.72. The molecule has 0 spiro atoms. The fourth-order valence-electron chi connectivity index (χ4n) is 2.69. The van der Waals surface area contributed by atoms with Crippen LogP contribution in [0.2, 0.25) is 0 Å². The van der Waals surface area contributed by atoms with Gasteiger partial charge in [0, 0.05) is 11.6 Å². The number of allylic oxidation sites excluding steroid dienone is 11. The summed E-state index contributed by atoms with van der Waals surface area (Å²) in [4.78, 5) is 32.4. The molecule has 0 bridgehead atoms. The minimum absolute atomic E-state index is 0.170. The van der Waals surface area contributed by atoms with Gasteiger partial charge in [-0.3, -0.25) is 4.79 Å². The van der Waals surface area contributed by atoms with E-state index in [1.807, 2.05) is 38.2 Å². The van der Waals surface area contributed by atoms with Gasteiger partial charge in [-0.05, 0) is 56.9 Å². The van der Waals surface area contributed by atoms with E-state index in [2.05, 4.69) is 31.2 Å². The first-order valence-electron chi connectivity index (χ1n) is 11.4. The first-order chi connectivity index (χ1) is 16.0. The Morgan fingerprint density at radius 2 is 1.47 bits per heavy atom. The van der Waals surface area contributed by atoms with Crippen molar-refractivity contribution in [2.75, 3.05) is 0 Å². The summed E-state index contributed by atoms with van der Waals surface area (Å²) in [6.07, 6.45) is 23.5. The molecular formula is C28H38O6. The Labute approximate surface area is 203 Å². The Balaban J connectivity index is 4.30. The number of carboxylic acid groups (broad SMARTS) is 3. The van der Waals surface area contributed by atoms with Crippen molar-refractivity contribution in [3.8, 4) is 0 Å². The number of rotatable bonds is 16. The molecule has 0 aromatic heterocycles. The van der Waals surface area contributed by atoms with Crippen LogP contribution in [-0.2, 0) is 14.4 Å². The van der Waals surface area contributed by atoms with Crippen molar-refractivity contribution in [1.29, 1.82) is 0 Å². The maximum atomic E-state index is 10.8. The van der Waals surface area contributed by atoms with Crippen molar-refractivity contribution < 1.29 is 29.7 Å². The summed E-state index contributed by atoms with van der Waals surface area (Å²) in [6, 6.07) is 0. The second-order valence-corrected chi connectivity index (χ2v) is 8.31. The summed E-state index contributed by atoms with van der Waals surface area (Å²) in [5.74, 6) is -2.61. The van der Waals surface area contributed by atoms with Crippen LogP contribution in [0.3, 0.4) is 0 Å². The lowest BCUT2D eigenvalue weighted by molar-refractivity contribution is -0.136. The molecule has 0 aromatic rings. The lowest BCUT2D eigenvalue weighted by atomic mass is 9.98. The maximum absolute atomic E-state index is 10.8. The van der Waals surface area contributed by atoms with Crippen molar-refractivity contribution in [3.63, 3.8) is 0 Å². The quantitative estimate of drug-likeness (QED) is 0.103. The van der Waals surface area contributed by atoms with E-state index in [0.29, 0.717) is 11.5 Å². The highest BCUT2D eigenvalue weighted by atomic mass is 16.4. The van der Waals surface area contributed by atoms with Gasteiger partial charge in [0.05, 0.1) is 6.42 Å². The zero-order valence-corrected chi connectivity index (χ0v) is 20.6. The molecule has 0 amide bonds. The molecule has 0 aliphatic heterocycles. The van der Waals surface area contributed by atoms with Gasteiger partial charge < -0.3 is 15.3 Å². The predicted octanol–water partition coefficient (Wildman–Crippen LogP) is 6.51. The number of hydrogen-bond acceptors (Lipinski definition) is 3. The molecule has 0 saturated carbocycles. The normalized spacial score (nSPS) is 15.6. The molecule has 0 fully saturated rings. The van der Waals surface area contributed by atoms with E-state index >= 15 is 0 Å².